The summed E-state index contributed by atoms with van der Waals surface area (Å²) in [5.74, 6) is -0.687. The monoisotopic (exact) mass is 345 g/mol. The van der Waals surface area contributed by atoms with Gasteiger partial charge in [-0.3, -0.25) is 4.79 Å². The molecule has 0 aliphatic rings. The highest BCUT2D eigenvalue weighted by Gasteiger charge is 2.23. The number of methoxy groups -OCH3 is 1. The number of carbonyl (C=O) groups excluding carboxylic acids is 2. The number of ether oxygens (including phenoxy) is 1. The molecule has 2 rings (SSSR count). The van der Waals surface area contributed by atoms with Crippen LogP contribution < -0.4 is 5.32 Å². The molecule has 0 saturated carbocycles. The fourth-order valence-corrected chi connectivity index (χ4v) is 2.89. The molecule has 0 bridgehead atoms. The molecule has 0 saturated heterocycles. The van der Waals surface area contributed by atoms with E-state index in [4.69, 9.17) is 4.74 Å². The van der Waals surface area contributed by atoms with Crippen LogP contribution in [0.15, 0.2) is 41.6 Å². The number of rotatable bonds is 6. The van der Waals surface area contributed by atoms with Gasteiger partial charge in [0.1, 0.15) is 0 Å². The maximum atomic E-state index is 12.2. The van der Waals surface area contributed by atoms with Gasteiger partial charge in [0.2, 0.25) is 5.91 Å². The zero-order valence-electron chi connectivity index (χ0n) is 13.8. The van der Waals surface area contributed by atoms with Gasteiger partial charge in [-0.2, -0.15) is 0 Å². The highest BCUT2D eigenvalue weighted by molar-refractivity contribution is 7.99. The van der Waals surface area contributed by atoms with Crippen molar-refractivity contribution in [3.05, 3.63) is 53.3 Å². The fraction of sp³-hybridized carbons (Fsp3) is 0.294. The lowest BCUT2D eigenvalue weighted by molar-refractivity contribution is -0.145. The molecule has 2 aromatic rings. The van der Waals surface area contributed by atoms with Crippen LogP contribution in [0.4, 0.5) is 0 Å². The minimum absolute atomic E-state index is 0.114. The van der Waals surface area contributed by atoms with E-state index >= 15 is 0 Å². The van der Waals surface area contributed by atoms with Crippen LogP contribution >= 0.6 is 11.8 Å². The van der Waals surface area contributed by atoms with Crippen molar-refractivity contribution in [2.24, 2.45) is 0 Å². The predicted molar refractivity (Wildman–Crippen MR) is 91.6 cm³/mol. The first-order valence-electron chi connectivity index (χ1n) is 7.37. The highest BCUT2D eigenvalue weighted by atomic mass is 32.2. The standard InChI is InChI=1S/C17H19N3O3S/c1-11-9-12(2)19-17(18-11)24-10-14(21)20-15(16(22)23-3)13-7-5-4-6-8-13/h4-9,15H,10H2,1-3H3,(H,20,21)/t15-/m0/s1. The first-order valence-corrected chi connectivity index (χ1v) is 8.35. The molecule has 24 heavy (non-hydrogen) atoms. The third-order valence-corrected chi connectivity index (χ3v) is 4.02. The van der Waals surface area contributed by atoms with Gasteiger partial charge in [0.25, 0.3) is 0 Å². The molecule has 0 aliphatic carbocycles. The summed E-state index contributed by atoms with van der Waals surface area (Å²) in [6.07, 6.45) is 0. The zero-order chi connectivity index (χ0) is 17.5. The van der Waals surface area contributed by atoms with Gasteiger partial charge in [-0.15, -0.1) is 0 Å². The van der Waals surface area contributed by atoms with E-state index in [-0.39, 0.29) is 11.7 Å². The number of hydrogen-bond acceptors (Lipinski definition) is 6. The van der Waals surface area contributed by atoms with E-state index in [0.29, 0.717) is 10.7 Å². The van der Waals surface area contributed by atoms with E-state index in [2.05, 4.69) is 15.3 Å². The molecular formula is C17H19N3O3S. The fourth-order valence-electron chi connectivity index (χ4n) is 2.13. The summed E-state index contributed by atoms with van der Waals surface area (Å²) in [6, 6.07) is 10.0. The minimum Gasteiger partial charge on any atom is -0.467 e. The summed E-state index contributed by atoms with van der Waals surface area (Å²) < 4.78 is 4.78. The molecule has 0 aliphatic heterocycles. The van der Waals surface area contributed by atoms with Crippen molar-refractivity contribution in [3.63, 3.8) is 0 Å². The quantitative estimate of drug-likeness (QED) is 0.491. The van der Waals surface area contributed by atoms with Crippen molar-refractivity contribution in [1.29, 1.82) is 0 Å². The summed E-state index contributed by atoms with van der Waals surface area (Å²) in [4.78, 5) is 32.7. The summed E-state index contributed by atoms with van der Waals surface area (Å²) in [5, 5.41) is 3.23. The molecule has 0 spiro atoms. The lowest BCUT2D eigenvalue weighted by Crippen LogP contribution is -2.35. The van der Waals surface area contributed by atoms with Crippen LogP contribution in [0.1, 0.15) is 23.0 Å². The number of hydrogen-bond donors (Lipinski definition) is 1. The number of esters is 1. The Kier molecular flexibility index (Phi) is 6.31. The number of aromatic nitrogens is 2. The number of thioether (sulfide) groups is 1. The Morgan fingerprint density at radius 2 is 1.79 bits per heavy atom. The number of nitrogens with zero attached hydrogens (tertiary/aromatic N) is 2. The summed E-state index contributed by atoms with van der Waals surface area (Å²) >= 11 is 1.23. The van der Waals surface area contributed by atoms with Gasteiger partial charge in [-0.25, -0.2) is 14.8 Å². The van der Waals surface area contributed by atoms with E-state index in [0.717, 1.165) is 11.4 Å². The van der Waals surface area contributed by atoms with E-state index in [1.807, 2.05) is 26.0 Å². The Hall–Kier alpha value is -2.41. The molecule has 0 unspecified atom stereocenters. The van der Waals surface area contributed by atoms with Gasteiger partial charge in [0.15, 0.2) is 11.2 Å². The van der Waals surface area contributed by atoms with Crippen LogP contribution in [0, 0.1) is 13.8 Å². The number of carbonyl (C=O) groups is 2. The molecule has 7 heteroatoms. The Morgan fingerprint density at radius 1 is 1.17 bits per heavy atom. The summed E-state index contributed by atoms with van der Waals surface area (Å²) in [7, 11) is 1.29. The average molecular weight is 345 g/mol. The van der Waals surface area contributed by atoms with E-state index in [9.17, 15) is 9.59 Å². The first-order chi connectivity index (χ1) is 11.5. The van der Waals surface area contributed by atoms with E-state index < -0.39 is 12.0 Å². The SMILES string of the molecule is COC(=O)[C@@H](NC(=O)CSc1nc(C)cc(C)n1)c1ccccc1. The van der Waals surface area contributed by atoms with Crippen LogP contribution in [-0.2, 0) is 14.3 Å². The van der Waals surface area contributed by atoms with Crippen molar-refractivity contribution in [2.45, 2.75) is 25.0 Å². The van der Waals surface area contributed by atoms with Gasteiger partial charge in [0, 0.05) is 11.4 Å². The maximum Gasteiger partial charge on any atom is 0.333 e. The summed E-state index contributed by atoms with van der Waals surface area (Å²) in [5.41, 5.74) is 2.37. The molecule has 0 fully saturated rings. The van der Waals surface area contributed by atoms with Crippen LogP contribution in [0.5, 0.6) is 0 Å². The molecule has 1 aromatic carbocycles. The molecule has 1 heterocycles. The largest absolute Gasteiger partial charge is 0.467 e. The predicted octanol–water partition coefficient (Wildman–Crippen LogP) is 2.22. The second-order valence-corrected chi connectivity index (χ2v) is 6.10. The van der Waals surface area contributed by atoms with Crippen LogP contribution in [0.2, 0.25) is 0 Å². The second kappa shape index (κ2) is 8.44. The first kappa shape index (κ1) is 17.9. The molecule has 126 valence electrons. The molecule has 6 nitrogen and oxygen atoms in total. The van der Waals surface area contributed by atoms with Crippen LogP contribution in [-0.4, -0.2) is 34.7 Å². The zero-order valence-corrected chi connectivity index (χ0v) is 14.6. The Balaban J connectivity index is 2.01. The van der Waals surface area contributed by atoms with Gasteiger partial charge >= 0.3 is 5.97 Å². The second-order valence-electron chi connectivity index (χ2n) is 5.16. The Morgan fingerprint density at radius 3 is 2.38 bits per heavy atom. The van der Waals surface area contributed by atoms with Gasteiger partial charge in [-0.1, -0.05) is 42.1 Å². The average Bonchev–Trinajstić information content (AvgIpc) is 2.57. The molecular weight excluding hydrogens is 326 g/mol. The van der Waals surface area contributed by atoms with Crippen LogP contribution in [0.25, 0.3) is 0 Å². The summed E-state index contributed by atoms with van der Waals surface area (Å²) in [6.45, 7) is 3.75. The normalized spacial score (nSPS) is 11.6. The third kappa shape index (κ3) is 5.06. The minimum atomic E-state index is -0.829. The maximum absolute atomic E-state index is 12.2. The van der Waals surface area contributed by atoms with Crippen molar-refractivity contribution in [3.8, 4) is 0 Å². The lowest BCUT2D eigenvalue weighted by atomic mass is 10.1. The Labute approximate surface area is 145 Å². The highest BCUT2D eigenvalue weighted by Crippen LogP contribution is 2.17. The molecule has 1 atom stereocenters. The Bertz CT molecular complexity index is 702. The molecule has 1 amide bonds. The van der Waals surface area contributed by atoms with Crippen molar-refractivity contribution in [2.75, 3.05) is 12.9 Å². The van der Waals surface area contributed by atoms with Crippen LogP contribution in [0.3, 0.4) is 0 Å². The number of nitrogens with one attached hydrogen (secondary N) is 1. The van der Waals surface area contributed by atoms with Gasteiger partial charge < -0.3 is 10.1 Å². The van der Waals surface area contributed by atoms with Crippen molar-refractivity contribution >= 4 is 23.6 Å². The van der Waals surface area contributed by atoms with E-state index in [1.54, 1.807) is 24.3 Å². The van der Waals surface area contributed by atoms with Crippen molar-refractivity contribution < 1.29 is 14.3 Å². The van der Waals surface area contributed by atoms with Crippen molar-refractivity contribution in [1.82, 2.24) is 15.3 Å². The number of aryl methyl sites for hydroxylation is 2. The third-order valence-electron chi connectivity index (χ3n) is 3.17. The number of amides is 1. The number of benzene rings is 1. The molecule has 1 N–H and O–H groups in total. The van der Waals surface area contributed by atoms with Gasteiger partial charge in [0.05, 0.1) is 12.9 Å². The molecule has 1 aromatic heterocycles. The smallest absolute Gasteiger partial charge is 0.333 e. The molecule has 0 radical (unpaired) electrons. The topological polar surface area (TPSA) is 81.2 Å². The van der Waals surface area contributed by atoms with E-state index in [1.165, 1.54) is 18.9 Å². The van der Waals surface area contributed by atoms with Gasteiger partial charge in [-0.05, 0) is 25.5 Å². The lowest BCUT2D eigenvalue weighted by Gasteiger charge is -2.16.